The lowest BCUT2D eigenvalue weighted by Crippen LogP contribution is -2.37. The van der Waals surface area contributed by atoms with E-state index in [1.165, 1.54) is 0 Å². The third-order valence-corrected chi connectivity index (χ3v) is 7.46. The molecular formula is C28H33N3O2S. The van der Waals surface area contributed by atoms with Gasteiger partial charge in [0.05, 0.1) is 5.01 Å². The maximum absolute atomic E-state index is 13.0. The SMILES string of the molecule is CCCCCC(=O)N1CCC(c2nc(C(=O)Nc3ccc(C)cc3-c3ccccc3)cs2)CC1. The zero-order valence-corrected chi connectivity index (χ0v) is 20.9. The first-order valence-electron chi connectivity index (χ1n) is 12.3. The summed E-state index contributed by atoms with van der Waals surface area (Å²) in [5.41, 5.74) is 4.45. The number of anilines is 1. The number of benzene rings is 2. The Balaban J connectivity index is 1.38. The van der Waals surface area contributed by atoms with Crippen LogP contribution in [0.5, 0.6) is 0 Å². The summed E-state index contributed by atoms with van der Waals surface area (Å²) in [6.45, 7) is 5.76. The van der Waals surface area contributed by atoms with Crippen molar-refractivity contribution in [1.82, 2.24) is 9.88 Å². The van der Waals surface area contributed by atoms with E-state index >= 15 is 0 Å². The van der Waals surface area contributed by atoms with E-state index in [-0.39, 0.29) is 11.8 Å². The minimum atomic E-state index is -0.188. The van der Waals surface area contributed by atoms with Gasteiger partial charge in [-0.15, -0.1) is 11.3 Å². The molecule has 34 heavy (non-hydrogen) atoms. The summed E-state index contributed by atoms with van der Waals surface area (Å²) in [6.07, 6.45) is 5.69. The number of carbonyl (C=O) groups excluding carboxylic acids is 2. The lowest BCUT2D eigenvalue weighted by Gasteiger charge is -2.31. The number of amides is 2. The predicted octanol–water partition coefficient (Wildman–Crippen LogP) is 6.66. The van der Waals surface area contributed by atoms with Gasteiger partial charge in [0.15, 0.2) is 0 Å². The minimum Gasteiger partial charge on any atom is -0.343 e. The number of nitrogens with one attached hydrogen (secondary N) is 1. The highest BCUT2D eigenvalue weighted by Gasteiger charge is 2.26. The monoisotopic (exact) mass is 475 g/mol. The van der Waals surface area contributed by atoms with Gasteiger partial charge in [0.2, 0.25) is 5.91 Å². The molecule has 0 radical (unpaired) electrons. The Morgan fingerprint density at radius 1 is 1.09 bits per heavy atom. The summed E-state index contributed by atoms with van der Waals surface area (Å²) in [7, 11) is 0. The van der Waals surface area contributed by atoms with Crippen LogP contribution in [0.15, 0.2) is 53.9 Å². The van der Waals surface area contributed by atoms with E-state index in [0.29, 0.717) is 18.0 Å². The van der Waals surface area contributed by atoms with Crippen molar-refractivity contribution in [3.63, 3.8) is 0 Å². The second kappa shape index (κ2) is 11.4. The molecule has 0 spiro atoms. The van der Waals surface area contributed by atoms with Gasteiger partial charge in [-0.05, 0) is 43.9 Å². The molecule has 1 aliphatic rings. The van der Waals surface area contributed by atoms with Gasteiger partial charge in [-0.3, -0.25) is 9.59 Å². The molecule has 6 heteroatoms. The van der Waals surface area contributed by atoms with Gasteiger partial charge < -0.3 is 10.2 Å². The smallest absolute Gasteiger partial charge is 0.275 e. The molecule has 3 aromatic rings. The molecule has 0 bridgehead atoms. The molecule has 5 nitrogen and oxygen atoms in total. The van der Waals surface area contributed by atoms with Crippen molar-refractivity contribution in [2.45, 2.75) is 58.3 Å². The zero-order chi connectivity index (χ0) is 23.9. The predicted molar refractivity (Wildman–Crippen MR) is 139 cm³/mol. The van der Waals surface area contributed by atoms with Crippen LogP contribution in [0.1, 0.15) is 72.4 Å². The number of piperidine rings is 1. The highest BCUT2D eigenvalue weighted by molar-refractivity contribution is 7.10. The lowest BCUT2D eigenvalue weighted by molar-refractivity contribution is -0.132. The van der Waals surface area contributed by atoms with Crippen LogP contribution < -0.4 is 5.32 Å². The average Bonchev–Trinajstić information content (AvgIpc) is 3.36. The van der Waals surface area contributed by atoms with Gasteiger partial charge in [-0.1, -0.05) is 61.7 Å². The Morgan fingerprint density at radius 3 is 2.59 bits per heavy atom. The first kappa shape index (κ1) is 24.1. The zero-order valence-electron chi connectivity index (χ0n) is 20.0. The van der Waals surface area contributed by atoms with E-state index in [9.17, 15) is 9.59 Å². The summed E-state index contributed by atoms with van der Waals surface area (Å²) in [4.78, 5) is 32.1. The first-order valence-corrected chi connectivity index (χ1v) is 13.1. The van der Waals surface area contributed by atoms with Gasteiger partial charge in [0.25, 0.3) is 5.91 Å². The van der Waals surface area contributed by atoms with E-state index in [0.717, 1.165) is 72.6 Å². The van der Waals surface area contributed by atoms with E-state index < -0.39 is 0 Å². The number of unbranched alkanes of at least 4 members (excludes halogenated alkanes) is 2. The number of nitrogens with zero attached hydrogens (tertiary/aromatic N) is 2. The van der Waals surface area contributed by atoms with Gasteiger partial charge >= 0.3 is 0 Å². The van der Waals surface area contributed by atoms with Gasteiger partial charge in [0.1, 0.15) is 5.69 Å². The molecule has 2 aromatic carbocycles. The van der Waals surface area contributed by atoms with E-state index in [1.807, 2.05) is 52.7 Å². The highest BCUT2D eigenvalue weighted by Crippen LogP contribution is 2.32. The molecule has 0 aliphatic carbocycles. The number of rotatable bonds is 8. The van der Waals surface area contributed by atoms with Gasteiger partial charge in [-0.2, -0.15) is 0 Å². The van der Waals surface area contributed by atoms with Crippen LogP contribution in [0.3, 0.4) is 0 Å². The maximum atomic E-state index is 13.0. The van der Waals surface area contributed by atoms with E-state index in [1.54, 1.807) is 11.3 Å². The van der Waals surface area contributed by atoms with E-state index in [4.69, 9.17) is 0 Å². The second-order valence-corrected chi connectivity index (χ2v) is 9.94. The maximum Gasteiger partial charge on any atom is 0.275 e. The van der Waals surface area contributed by atoms with E-state index in [2.05, 4.69) is 30.2 Å². The summed E-state index contributed by atoms with van der Waals surface area (Å²) in [5, 5.41) is 5.91. The number of aromatic nitrogens is 1. The second-order valence-electron chi connectivity index (χ2n) is 9.05. The van der Waals surface area contributed by atoms with Crippen LogP contribution in [-0.4, -0.2) is 34.8 Å². The molecule has 1 saturated heterocycles. The fourth-order valence-corrected chi connectivity index (χ4v) is 5.42. The molecular weight excluding hydrogens is 442 g/mol. The number of hydrogen-bond donors (Lipinski definition) is 1. The van der Waals surface area contributed by atoms with Crippen molar-refractivity contribution in [2.75, 3.05) is 18.4 Å². The number of hydrogen-bond acceptors (Lipinski definition) is 4. The Bertz CT molecular complexity index is 1120. The topological polar surface area (TPSA) is 62.3 Å². The van der Waals surface area contributed by atoms with Gasteiger partial charge in [0, 0.05) is 42.1 Å². The first-order chi connectivity index (χ1) is 16.5. The minimum absolute atomic E-state index is 0.188. The highest BCUT2D eigenvalue weighted by atomic mass is 32.1. The van der Waals surface area contributed by atoms with Crippen molar-refractivity contribution < 1.29 is 9.59 Å². The molecule has 4 rings (SSSR count). The van der Waals surface area contributed by atoms with Crippen LogP contribution in [0.2, 0.25) is 0 Å². The molecule has 1 aliphatic heterocycles. The average molecular weight is 476 g/mol. The third kappa shape index (κ3) is 5.92. The summed E-state index contributed by atoms with van der Waals surface area (Å²) in [6, 6.07) is 16.1. The normalized spacial score (nSPS) is 14.2. The van der Waals surface area contributed by atoms with Crippen molar-refractivity contribution in [3.05, 3.63) is 70.2 Å². The van der Waals surface area contributed by atoms with Crippen molar-refractivity contribution in [1.29, 1.82) is 0 Å². The summed E-state index contributed by atoms with van der Waals surface area (Å²) in [5.74, 6) is 0.399. The van der Waals surface area contributed by atoms with Crippen LogP contribution in [0, 0.1) is 6.92 Å². The Hall–Kier alpha value is -2.99. The van der Waals surface area contributed by atoms with Crippen LogP contribution in [0.4, 0.5) is 5.69 Å². The summed E-state index contributed by atoms with van der Waals surface area (Å²) < 4.78 is 0. The number of aryl methyl sites for hydroxylation is 1. The van der Waals surface area contributed by atoms with Crippen molar-refractivity contribution in [3.8, 4) is 11.1 Å². The molecule has 178 valence electrons. The van der Waals surface area contributed by atoms with Crippen molar-refractivity contribution in [2.24, 2.45) is 0 Å². The molecule has 2 heterocycles. The van der Waals surface area contributed by atoms with Crippen molar-refractivity contribution >= 4 is 28.8 Å². The fourth-order valence-electron chi connectivity index (χ4n) is 4.45. The molecule has 0 atom stereocenters. The van der Waals surface area contributed by atoms with Crippen LogP contribution in [0.25, 0.3) is 11.1 Å². The Kier molecular flexibility index (Phi) is 8.12. The standard InChI is InChI=1S/C28H33N3O2S/c1-3-4-6-11-26(32)31-16-14-22(15-17-31)28-30-25(19-34-28)27(33)29-24-13-12-20(2)18-23(24)21-9-7-5-8-10-21/h5,7-10,12-13,18-19,22H,3-4,6,11,14-17H2,1-2H3,(H,29,33). The molecule has 2 amide bonds. The molecule has 1 fully saturated rings. The van der Waals surface area contributed by atoms with Crippen LogP contribution in [-0.2, 0) is 4.79 Å². The largest absolute Gasteiger partial charge is 0.343 e. The molecule has 1 aromatic heterocycles. The number of carbonyl (C=O) groups is 2. The Morgan fingerprint density at radius 2 is 1.85 bits per heavy atom. The number of thiazole rings is 1. The quantitative estimate of drug-likeness (QED) is 0.371. The Labute approximate surface area is 206 Å². The summed E-state index contributed by atoms with van der Waals surface area (Å²) >= 11 is 1.55. The van der Waals surface area contributed by atoms with Crippen LogP contribution >= 0.6 is 11.3 Å². The molecule has 0 unspecified atom stereocenters. The fraction of sp³-hybridized carbons (Fsp3) is 0.393. The lowest BCUT2D eigenvalue weighted by atomic mass is 9.97. The molecule has 1 N–H and O–H groups in total. The van der Waals surface area contributed by atoms with Gasteiger partial charge in [-0.25, -0.2) is 4.98 Å². The third-order valence-electron chi connectivity index (χ3n) is 6.45. The molecule has 0 saturated carbocycles. The number of likely N-dealkylation sites (tertiary alicyclic amines) is 1.